The SMILES string of the molecule is CCCNC(=O)N(CCC(C)C)C1CCCC1. The number of hydrogen-bond acceptors (Lipinski definition) is 1. The highest BCUT2D eigenvalue weighted by Crippen LogP contribution is 2.24. The van der Waals surface area contributed by atoms with Crippen LogP contribution in [0.15, 0.2) is 0 Å². The molecule has 1 aliphatic rings. The number of rotatable bonds is 6. The van der Waals surface area contributed by atoms with Gasteiger partial charge in [0.25, 0.3) is 0 Å². The second kappa shape index (κ2) is 7.57. The molecular weight excluding hydrogens is 212 g/mol. The lowest BCUT2D eigenvalue weighted by Gasteiger charge is -2.29. The van der Waals surface area contributed by atoms with Crippen LogP contribution in [-0.2, 0) is 0 Å². The fourth-order valence-electron chi connectivity index (χ4n) is 2.40. The largest absolute Gasteiger partial charge is 0.338 e. The number of nitrogens with one attached hydrogen (secondary N) is 1. The van der Waals surface area contributed by atoms with E-state index in [1.54, 1.807) is 0 Å². The normalized spacial score (nSPS) is 16.5. The number of carbonyl (C=O) groups is 1. The van der Waals surface area contributed by atoms with Crippen molar-refractivity contribution in [3.05, 3.63) is 0 Å². The minimum absolute atomic E-state index is 0.152. The predicted octanol–water partition coefficient (Wildman–Crippen LogP) is 3.40. The van der Waals surface area contributed by atoms with Crippen molar-refractivity contribution in [1.29, 1.82) is 0 Å². The first-order valence-electron chi connectivity index (χ1n) is 7.19. The summed E-state index contributed by atoms with van der Waals surface area (Å²) in [5, 5.41) is 3.02. The third-order valence-electron chi connectivity index (χ3n) is 3.50. The maximum Gasteiger partial charge on any atom is 0.317 e. The van der Waals surface area contributed by atoms with E-state index in [9.17, 15) is 4.79 Å². The molecule has 0 aromatic carbocycles. The summed E-state index contributed by atoms with van der Waals surface area (Å²) < 4.78 is 0. The summed E-state index contributed by atoms with van der Waals surface area (Å²) in [5.74, 6) is 0.665. The van der Waals surface area contributed by atoms with Crippen LogP contribution in [0.5, 0.6) is 0 Å². The van der Waals surface area contributed by atoms with Crippen molar-refractivity contribution >= 4 is 6.03 Å². The molecule has 0 atom stereocenters. The van der Waals surface area contributed by atoms with Crippen LogP contribution in [0.3, 0.4) is 0 Å². The van der Waals surface area contributed by atoms with Gasteiger partial charge in [-0.2, -0.15) is 0 Å². The third-order valence-corrected chi connectivity index (χ3v) is 3.50. The van der Waals surface area contributed by atoms with E-state index in [0.717, 1.165) is 25.9 Å². The van der Waals surface area contributed by atoms with Gasteiger partial charge in [0.05, 0.1) is 0 Å². The van der Waals surface area contributed by atoms with Gasteiger partial charge in [0.15, 0.2) is 0 Å². The van der Waals surface area contributed by atoms with Crippen LogP contribution in [0.2, 0.25) is 0 Å². The van der Waals surface area contributed by atoms with Gasteiger partial charge in [-0.25, -0.2) is 4.79 Å². The molecule has 3 nitrogen and oxygen atoms in total. The van der Waals surface area contributed by atoms with Crippen LogP contribution in [0.25, 0.3) is 0 Å². The van der Waals surface area contributed by atoms with Crippen LogP contribution in [0.1, 0.15) is 59.3 Å². The number of nitrogens with zero attached hydrogens (tertiary/aromatic N) is 1. The number of carbonyl (C=O) groups excluding carboxylic acids is 1. The van der Waals surface area contributed by atoms with E-state index in [0.29, 0.717) is 12.0 Å². The lowest BCUT2D eigenvalue weighted by Crippen LogP contribution is -2.46. The summed E-state index contributed by atoms with van der Waals surface area (Å²) >= 11 is 0. The minimum atomic E-state index is 0.152. The van der Waals surface area contributed by atoms with Gasteiger partial charge in [-0.3, -0.25) is 0 Å². The van der Waals surface area contributed by atoms with Crippen molar-refractivity contribution in [3.63, 3.8) is 0 Å². The molecule has 3 heteroatoms. The Kier molecular flexibility index (Phi) is 6.38. The molecule has 0 aliphatic heterocycles. The highest BCUT2D eigenvalue weighted by Gasteiger charge is 2.26. The van der Waals surface area contributed by atoms with Gasteiger partial charge in [0, 0.05) is 19.1 Å². The average molecular weight is 240 g/mol. The Balaban J connectivity index is 2.47. The summed E-state index contributed by atoms with van der Waals surface area (Å²) in [6, 6.07) is 0.644. The van der Waals surface area contributed by atoms with Gasteiger partial charge < -0.3 is 10.2 Å². The molecule has 0 unspecified atom stereocenters. The highest BCUT2D eigenvalue weighted by atomic mass is 16.2. The van der Waals surface area contributed by atoms with Crippen LogP contribution >= 0.6 is 0 Å². The summed E-state index contributed by atoms with van der Waals surface area (Å²) in [7, 11) is 0. The second-order valence-electron chi connectivity index (χ2n) is 5.55. The number of hydrogen-bond donors (Lipinski definition) is 1. The molecule has 0 radical (unpaired) electrons. The average Bonchev–Trinajstić information content (AvgIpc) is 2.79. The molecular formula is C14H28N2O. The Hall–Kier alpha value is -0.730. The molecule has 0 spiro atoms. The lowest BCUT2D eigenvalue weighted by atomic mass is 10.1. The summed E-state index contributed by atoms with van der Waals surface area (Å²) in [4.78, 5) is 14.2. The third kappa shape index (κ3) is 4.97. The lowest BCUT2D eigenvalue weighted by molar-refractivity contribution is 0.171. The quantitative estimate of drug-likeness (QED) is 0.758. The van der Waals surface area contributed by atoms with E-state index in [1.165, 1.54) is 25.7 Å². The van der Waals surface area contributed by atoms with E-state index in [4.69, 9.17) is 0 Å². The van der Waals surface area contributed by atoms with Crippen molar-refractivity contribution in [2.75, 3.05) is 13.1 Å². The van der Waals surface area contributed by atoms with Crippen LogP contribution in [-0.4, -0.2) is 30.1 Å². The van der Waals surface area contributed by atoms with Crippen molar-refractivity contribution < 1.29 is 4.79 Å². The zero-order chi connectivity index (χ0) is 12.7. The first-order chi connectivity index (χ1) is 8.15. The highest BCUT2D eigenvalue weighted by molar-refractivity contribution is 5.74. The van der Waals surface area contributed by atoms with E-state index < -0.39 is 0 Å². The van der Waals surface area contributed by atoms with Crippen LogP contribution < -0.4 is 5.32 Å². The van der Waals surface area contributed by atoms with Gasteiger partial charge in [0.1, 0.15) is 0 Å². The Morgan fingerprint density at radius 1 is 1.35 bits per heavy atom. The topological polar surface area (TPSA) is 32.3 Å². The van der Waals surface area contributed by atoms with Crippen molar-refractivity contribution in [1.82, 2.24) is 10.2 Å². The first kappa shape index (κ1) is 14.3. The van der Waals surface area contributed by atoms with Crippen LogP contribution in [0, 0.1) is 5.92 Å². The van der Waals surface area contributed by atoms with Gasteiger partial charge in [-0.1, -0.05) is 33.6 Å². The van der Waals surface area contributed by atoms with Crippen molar-refractivity contribution in [2.24, 2.45) is 5.92 Å². The van der Waals surface area contributed by atoms with Crippen LogP contribution in [0.4, 0.5) is 4.79 Å². The Labute approximate surface area is 106 Å². The van der Waals surface area contributed by atoms with E-state index in [1.807, 2.05) is 0 Å². The van der Waals surface area contributed by atoms with Crippen molar-refractivity contribution in [3.8, 4) is 0 Å². The molecule has 0 saturated heterocycles. The summed E-state index contributed by atoms with van der Waals surface area (Å²) in [6.45, 7) is 8.24. The standard InChI is InChI=1S/C14H28N2O/c1-4-10-15-14(17)16(11-9-12(2)3)13-7-5-6-8-13/h12-13H,4-11H2,1-3H3,(H,15,17). The minimum Gasteiger partial charge on any atom is -0.338 e. The summed E-state index contributed by atoms with van der Waals surface area (Å²) in [6.07, 6.45) is 7.06. The number of urea groups is 1. The van der Waals surface area contributed by atoms with E-state index >= 15 is 0 Å². The molecule has 100 valence electrons. The van der Waals surface area contributed by atoms with Gasteiger partial charge in [-0.15, -0.1) is 0 Å². The molecule has 1 aliphatic carbocycles. The molecule has 1 N–H and O–H groups in total. The smallest absolute Gasteiger partial charge is 0.317 e. The van der Waals surface area contributed by atoms with E-state index in [-0.39, 0.29) is 6.03 Å². The van der Waals surface area contributed by atoms with Gasteiger partial charge in [-0.05, 0) is 31.6 Å². The number of amides is 2. The van der Waals surface area contributed by atoms with E-state index in [2.05, 4.69) is 31.0 Å². The molecule has 2 amide bonds. The van der Waals surface area contributed by atoms with Gasteiger partial charge >= 0.3 is 6.03 Å². The second-order valence-corrected chi connectivity index (χ2v) is 5.55. The van der Waals surface area contributed by atoms with Gasteiger partial charge in [0.2, 0.25) is 0 Å². The molecule has 0 heterocycles. The van der Waals surface area contributed by atoms with Crippen molar-refractivity contribution in [2.45, 2.75) is 65.3 Å². The summed E-state index contributed by atoms with van der Waals surface area (Å²) in [5.41, 5.74) is 0. The first-order valence-corrected chi connectivity index (χ1v) is 7.19. The Morgan fingerprint density at radius 2 is 2.00 bits per heavy atom. The predicted molar refractivity (Wildman–Crippen MR) is 72.1 cm³/mol. The molecule has 0 aromatic rings. The molecule has 17 heavy (non-hydrogen) atoms. The molecule has 0 bridgehead atoms. The maximum atomic E-state index is 12.1. The fourth-order valence-corrected chi connectivity index (χ4v) is 2.40. The fraction of sp³-hybridized carbons (Fsp3) is 0.929. The molecule has 1 saturated carbocycles. The Morgan fingerprint density at radius 3 is 2.53 bits per heavy atom. The zero-order valence-corrected chi connectivity index (χ0v) is 11.7. The zero-order valence-electron chi connectivity index (χ0n) is 11.7. The molecule has 1 rings (SSSR count). The monoisotopic (exact) mass is 240 g/mol. The molecule has 1 fully saturated rings. The molecule has 0 aromatic heterocycles. The maximum absolute atomic E-state index is 12.1. The Bertz CT molecular complexity index is 222.